The largest absolute Gasteiger partial charge is 0.383 e. The number of rotatable bonds is 7. The number of hydrogen-bond donors (Lipinski definition) is 1. The van der Waals surface area contributed by atoms with Gasteiger partial charge in [-0.2, -0.15) is 0 Å². The van der Waals surface area contributed by atoms with Crippen molar-refractivity contribution in [3.05, 3.63) is 47.9 Å². The van der Waals surface area contributed by atoms with Crippen LogP contribution in [0.4, 0.5) is 0 Å². The number of nitrogens with one attached hydrogen (secondary N) is 1. The first kappa shape index (κ1) is 15.0. The quantitative estimate of drug-likeness (QED) is 0.627. The van der Waals surface area contributed by atoms with Crippen molar-refractivity contribution in [2.45, 2.75) is 23.4 Å². The van der Waals surface area contributed by atoms with Gasteiger partial charge in [-0.05, 0) is 30.2 Å². The standard InChI is InChI=1S/C15H19N3OS/c1-12-9-13(10-16-7-8-19-2)3-4-14(12)20-15-5-6-17-11-18-15/h3-6,9,11,16H,7-8,10H2,1-2H3. The molecule has 1 aromatic carbocycles. The maximum Gasteiger partial charge on any atom is 0.116 e. The van der Waals surface area contributed by atoms with E-state index in [1.165, 1.54) is 16.0 Å². The maximum atomic E-state index is 5.01. The van der Waals surface area contributed by atoms with Gasteiger partial charge in [-0.3, -0.25) is 0 Å². The molecule has 0 atom stereocenters. The number of benzene rings is 1. The third-order valence-electron chi connectivity index (χ3n) is 2.82. The molecule has 0 aliphatic heterocycles. The molecule has 0 aliphatic carbocycles. The molecule has 0 bridgehead atoms. The second kappa shape index (κ2) is 7.99. The normalized spacial score (nSPS) is 10.7. The summed E-state index contributed by atoms with van der Waals surface area (Å²) in [6.45, 7) is 4.60. The Hall–Kier alpha value is -1.43. The highest BCUT2D eigenvalue weighted by Crippen LogP contribution is 2.28. The zero-order valence-electron chi connectivity index (χ0n) is 11.8. The van der Waals surface area contributed by atoms with Crippen molar-refractivity contribution in [3.63, 3.8) is 0 Å². The lowest BCUT2D eigenvalue weighted by Gasteiger charge is -2.09. The number of methoxy groups -OCH3 is 1. The van der Waals surface area contributed by atoms with Crippen molar-refractivity contribution >= 4 is 11.8 Å². The molecule has 0 unspecified atom stereocenters. The minimum Gasteiger partial charge on any atom is -0.383 e. The number of aryl methyl sites for hydroxylation is 1. The van der Waals surface area contributed by atoms with E-state index < -0.39 is 0 Å². The lowest BCUT2D eigenvalue weighted by molar-refractivity contribution is 0.199. The van der Waals surface area contributed by atoms with Crippen LogP contribution in [0.5, 0.6) is 0 Å². The van der Waals surface area contributed by atoms with Gasteiger partial charge in [0.2, 0.25) is 0 Å². The highest BCUT2D eigenvalue weighted by Gasteiger charge is 2.03. The van der Waals surface area contributed by atoms with E-state index in [0.717, 1.165) is 24.7 Å². The zero-order chi connectivity index (χ0) is 14.2. The van der Waals surface area contributed by atoms with Crippen molar-refractivity contribution in [1.82, 2.24) is 15.3 Å². The minimum absolute atomic E-state index is 0.737. The van der Waals surface area contributed by atoms with Gasteiger partial charge in [-0.25, -0.2) is 9.97 Å². The van der Waals surface area contributed by atoms with Crippen LogP contribution >= 0.6 is 11.8 Å². The highest BCUT2D eigenvalue weighted by atomic mass is 32.2. The Labute approximate surface area is 124 Å². The van der Waals surface area contributed by atoms with Crippen molar-refractivity contribution in [2.75, 3.05) is 20.3 Å². The molecule has 0 aliphatic rings. The molecular formula is C15H19N3OS. The SMILES string of the molecule is COCCNCc1ccc(Sc2ccncn2)c(C)c1. The summed E-state index contributed by atoms with van der Waals surface area (Å²) in [5.74, 6) is 0. The Morgan fingerprint density at radius 1 is 1.30 bits per heavy atom. The van der Waals surface area contributed by atoms with Crippen LogP contribution in [0.2, 0.25) is 0 Å². The Kier molecular flexibility index (Phi) is 5.98. The van der Waals surface area contributed by atoms with Crippen LogP contribution in [-0.2, 0) is 11.3 Å². The molecule has 0 saturated carbocycles. The van der Waals surface area contributed by atoms with E-state index in [4.69, 9.17) is 4.74 Å². The molecule has 0 amide bonds. The lowest BCUT2D eigenvalue weighted by Crippen LogP contribution is -2.18. The number of nitrogens with zero attached hydrogens (tertiary/aromatic N) is 2. The first-order chi connectivity index (χ1) is 9.79. The Morgan fingerprint density at radius 3 is 2.90 bits per heavy atom. The van der Waals surface area contributed by atoms with Gasteiger partial charge in [0.25, 0.3) is 0 Å². The van der Waals surface area contributed by atoms with Gasteiger partial charge in [-0.1, -0.05) is 23.9 Å². The van der Waals surface area contributed by atoms with E-state index in [9.17, 15) is 0 Å². The van der Waals surface area contributed by atoms with Gasteiger partial charge < -0.3 is 10.1 Å². The highest BCUT2D eigenvalue weighted by molar-refractivity contribution is 7.99. The third-order valence-corrected chi connectivity index (χ3v) is 3.95. The van der Waals surface area contributed by atoms with Crippen LogP contribution in [-0.4, -0.2) is 30.2 Å². The third kappa shape index (κ3) is 4.59. The zero-order valence-corrected chi connectivity index (χ0v) is 12.6. The molecule has 2 aromatic rings. The van der Waals surface area contributed by atoms with Crippen molar-refractivity contribution in [3.8, 4) is 0 Å². The molecule has 1 aromatic heterocycles. The minimum atomic E-state index is 0.737. The summed E-state index contributed by atoms with van der Waals surface area (Å²) in [6, 6.07) is 8.43. The maximum absolute atomic E-state index is 5.01. The molecule has 4 nitrogen and oxygen atoms in total. The average molecular weight is 289 g/mol. The summed E-state index contributed by atoms with van der Waals surface area (Å²) < 4.78 is 5.01. The van der Waals surface area contributed by atoms with Crippen molar-refractivity contribution < 1.29 is 4.74 Å². The summed E-state index contributed by atoms with van der Waals surface area (Å²) >= 11 is 1.66. The van der Waals surface area contributed by atoms with Gasteiger partial charge in [-0.15, -0.1) is 0 Å². The summed E-state index contributed by atoms with van der Waals surface area (Å²) in [6.07, 6.45) is 3.34. The second-order valence-corrected chi connectivity index (χ2v) is 5.48. The van der Waals surface area contributed by atoms with Crippen molar-refractivity contribution in [2.24, 2.45) is 0 Å². The van der Waals surface area contributed by atoms with E-state index in [-0.39, 0.29) is 0 Å². The predicted octanol–water partition coefficient (Wildman–Crippen LogP) is 2.67. The molecule has 1 N–H and O–H groups in total. The number of aromatic nitrogens is 2. The van der Waals surface area contributed by atoms with Crippen LogP contribution in [0.25, 0.3) is 0 Å². The Balaban J connectivity index is 1.95. The van der Waals surface area contributed by atoms with Gasteiger partial charge in [0.1, 0.15) is 11.4 Å². The molecule has 0 fully saturated rings. The molecular weight excluding hydrogens is 270 g/mol. The predicted molar refractivity (Wildman–Crippen MR) is 80.9 cm³/mol. The molecule has 1 heterocycles. The molecule has 0 saturated heterocycles. The second-order valence-electron chi connectivity index (χ2n) is 4.42. The van der Waals surface area contributed by atoms with Crippen LogP contribution in [0.1, 0.15) is 11.1 Å². The van der Waals surface area contributed by atoms with Crippen LogP contribution in [0.15, 0.2) is 46.7 Å². The summed E-state index contributed by atoms with van der Waals surface area (Å²) in [7, 11) is 1.71. The number of ether oxygens (including phenoxy) is 1. The van der Waals surface area contributed by atoms with E-state index >= 15 is 0 Å². The molecule has 2 rings (SSSR count). The molecule has 0 spiro atoms. The fraction of sp³-hybridized carbons (Fsp3) is 0.333. The lowest BCUT2D eigenvalue weighted by atomic mass is 10.1. The monoisotopic (exact) mass is 289 g/mol. The first-order valence-corrected chi connectivity index (χ1v) is 7.34. The Morgan fingerprint density at radius 2 is 2.20 bits per heavy atom. The fourth-order valence-electron chi connectivity index (χ4n) is 1.79. The van der Waals surface area contributed by atoms with E-state index in [0.29, 0.717) is 0 Å². The summed E-state index contributed by atoms with van der Waals surface area (Å²) in [5.41, 5.74) is 2.55. The molecule has 5 heteroatoms. The van der Waals surface area contributed by atoms with Gasteiger partial charge >= 0.3 is 0 Å². The van der Waals surface area contributed by atoms with Gasteiger partial charge in [0.15, 0.2) is 0 Å². The Bertz CT molecular complexity index is 534. The van der Waals surface area contributed by atoms with Crippen LogP contribution < -0.4 is 5.32 Å². The smallest absolute Gasteiger partial charge is 0.116 e. The molecule has 0 radical (unpaired) electrons. The topological polar surface area (TPSA) is 47.0 Å². The van der Waals surface area contributed by atoms with Gasteiger partial charge in [0.05, 0.1) is 6.61 Å². The fourth-order valence-corrected chi connectivity index (χ4v) is 2.60. The first-order valence-electron chi connectivity index (χ1n) is 6.52. The molecule has 106 valence electrons. The van der Waals surface area contributed by atoms with E-state index in [1.54, 1.807) is 31.4 Å². The van der Waals surface area contributed by atoms with Crippen LogP contribution in [0, 0.1) is 6.92 Å². The number of hydrogen-bond acceptors (Lipinski definition) is 5. The summed E-state index contributed by atoms with van der Waals surface area (Å²) in [5, 5.41) is 4.31. The van der Waals surface area contributed by atoms with Crippen LogP contribution in [0.3, 0.4) is 0 Å². The van der Waals surface area contributed by atoms with Crippen molar-refractivity contribution in [1.29, 1.82) is 0 Å². The summed E-state index contributed by atoms with van der Waals surface area (Å²) in [4.78, 5) is 9.39. The van der Waals surface area contributed by atoms with E-state index in [1.807, 2.05) is 6.07 Å². The van der Waals surface area contributed by atoms with Gasteiger partial charge in [0, 0.05) is 31.3 Å². The van der Waals surface area contributed by atoms with E-state index in [2.05, 4.69) is 40.4 Å². The average Bonchev–Trinajstić information content (AvgIpc) is 2.47. The molecule has 20 heavy (non-hydrogen) atoms.